The van der Waals surface area contributed by atoms with E-state index in [0.29, 0.717) is 23.7 Å². The molecule has 3 heterocycles. The molecule has 0 aliphatic heterocycles. The van der Waals surface area contributed by atoms with E-state index >= 15 is 0 Å². The first kappa shape index (κ1) is 17.0. The van der Waals surface area contributed by atoms with Gasteiger partial charge in [0.15, 0.2) is 0 Å². The highest BCUT2D eigenvalue weighted by Gasteiger charge is 2.24. The van der Waals surface area contributed by atoms with Gasteiger partial charge in [0.05, 0.1) is 10.9 Å². The summed E-state index contributed by atoms with van der Waals surface area (Å²) in [4.78, 5) is 13.3. The van der Waals surface area contributed by atoms with Gasteiger partial charge in [-0.3, -0.25) is 0 Å². The number of benzene rings is 1. The van der Waals surface area contributed by atoms with Gasteiger partial charge < -0.3 is 15.0 Å². The Hall–Kier alpha value is -3.15. The van der Waals surface area contributed by atoms with Crippen LogP contribution in [0.25, 0.3) is 33.1 Å². The van der Waals surface area contributed by atoms with E-state index < -0.39 is 0 Å². The van der Waals surface area contributed by atoms with Crippen molar-refractivity contribution >= 4 is 27.8 Å². The SMILES string of the molecule is CC(C)Cn1cc(-c2ccc3nc(OC4CC4)ccc3c2)c2c(N)ncnc21. The van der Waals surface area contributed by atoms with Crippen LogP contribution in [-0.4, -0.2) is 25.6 Å². The summed E-state index contributed by atoms with van der Waals surface area (Å²) in [5.74, 6) is 1.72. The molecule has 0 bridgehead atoms. The second kappa shape index (κ2) is 6.48. The number of rotatable bonds is 5. The highest BCUT2D eigenvalue weighted by Crippen LogP contribution is 2.35. The molecule has 0 atom stereocenters. The molecule has 0 unspecified atom stereocenters. The van der Waals surface area contributed by atoms with Crippen LogP contribution in [0.1, 0.15) is 26.7 Å². The minimum Gasteiger partial charge on any atom is -0.474 e. The van der Waals surface area contributed by atoms with Crippen molar-refractivity contribution in [2.24, 2.45) is 5.92 Å². The predicted octanol–water partition coefficient (Wildman–Crippen LogP) is 4.43. The van der Waals surface area contributed by atoms with Crippen molar-refractivity contribution in [3.05, 3.63) is 42.9 Å². The Morgan fingerprint density at radius 2 is 2.04 bits per heavy atom. The third kappa shape index (κ3) is 3.05. The van der Waals surface area contributed by atoms with Gasteiger partial charge in [0.2, 0.25) is 5.88 Å². The van der Waals surface area contributed by atoms with E-state index in [9.17, 15) is 0 Å². The number of hydrogen-bond acceptors (Lipinski definition) is 5. The fraction of sp³-hybridized carbons (Fsp3) is 0.318. The minimum atomic E-state index is 0.347. The van der Waals surface area contributed by atoms with Gasteiger partial charge in [-0.15, -0.1) is 0 Å². The van der Waals surface area contributed by atoms with Crippen LogP contribution >= 0.6 is 0 Å². The molecule has 5 rings (SSSR count). The number of pyridine rings is 1. The summed E-state index contributed by atoms with van der Waals surface area (Å²) in [6, 6.07) is 10.3. The van der Waals surface area contributed by atoms with Crippen molar-refractivity contribution in [1.82, 2.24) is 19.5 Å². The topological polar surface area (TPSA) is 78.9 Å². The maximum absolute atomic E-state index is 6.23. The molecule has 28 heavy (non-hydrogen) atoms. The number of aromatic nitrogens is 4. The lowest BCUT2D eigenvalue weighted by atomic mass is 10.0. The van der Waals surface area contributed by atoms with Crippen LogP contribution in [0.4, 0.5) is 5.82 Å². The zero-order chi connectivity index (χ0) is 19.3. The molecule has 1 fully saturated rings. The Bertz CT molecular complexity index is 1180. The largest absolute Gasteiger partial charge is 0.474 e. The van der Waals surface area contributed by atoms with Gasteiger partial charge in [-0.05, 0) is 42.5 Å². The Balaban J connectivity index is 1.61. The van der Waals surface area contributed by atoms with Crippen LogP contribution in [0.2, 0.25) is 0 Å². The van der Waals surface area contributed by atoms with E-state index in [1.807, 2.05) is 12.1 Å². The number of hydrogen-bond donors (Lipinski definition) is 1. The molecule has 142 valence electrons. The molecule has 0 spiro atoms. The van der Waals surface area contributed by atoms with Crippen molar-refractivity contribution in [3.8, 4) is 17.0 Å². The molecule has 0 radical (unpaired) electrons. The Morgan fingerprint density at radius 1 is 1.18 bits per heavy atom. The zero-order valence-electron chi connectivity index (χ0n) is 16.1. The zero-order valence-corrected chi connectivity index (χ0v) is 16.1. The average molecular weight is 373 g/mol. The lowest BCUT2D eigenvalue weighted by Crippen LogP contribution is -2.04. The number of fused-ring (bicyclic) bond motifs is 2. The van der Waals surface area contributed by atoms with E-state index in [1.165, 1.54) is 6.33 Å². The van der Waals surface area contributed by atoms with Crippen molar-refractivity contribution in [1.29, 1.82) is 0 Å². The molecule has 0 saturated heterocycles. The molecule has 6 nitrogen and oxygen atoms in total. The highest BCUT2D eigenvalue weighted by molar-refractivity contribution is 6.02. The average Bonchev–Trinajstić information content (AvgIpc) is 3.41. The van der Waals surface area contributed by atoms with E-state index in [1.54, 1.807) is 0 Å². The smallest absolute Gasteiger partial charge is 0.214 e. The molecule has 2 N–H and O–H groups in total. The monoisotopic (exact) mass is 373 g/mol. The molecule has 1 aromatic carbocycles. The van der Waals surface area contributed by atoms with Gasteiger partial charge in [-0.2, -0.15) is 0 Å². The first-order valence-electron chi connectivity index (χ1n) is 9.75. The third-order valence-electron chi connectivity index (χ3n) is 5.03. The maximum Gasteiger partial charge on any atom is 0.214 e. The maximum atomic E-state index is 6.23. The summed E-state index contributed by atoms with van der Waals surface area (Å²) in [6.45, 7) is 5.27. The number of nitrogen functional groups attached to an aromatic ring is 1. The standard InChI is InChI=1S/C22H23N5O/c1-13(2)10-27-11-17(20-21(23)24-12-25-22(20)27)14-3-7-18-15(9-14)4-8-19(26-18)28-16-5-6-16/h3-4,7-9,11-13,16H,5-6,10H2,1-2H3,(H2,23,24,25). The normalized spacial score (nSPS) is 14.2. The lowest BCUT2D eigenvalue weighted by molar-refractivity contribution is 0.292. The Kier molecular flexibility index (Phi) is 3.93. The quantitative estimate of drug-likeness (QED) is 0.560. The van der Waals surface area contributed by atoms with Crippen LogP contribution in [-0.2, 0) is 6.54 Å². The lowest BCUT2D eigenvalue weighted by Gasteiger charge is -2.07. The van der Waals surface area contributed by atoms with Crippen molar-refractivity contribution in [2.75, 3.05) is 5.73 Å². The molecule has 1 aliphatic rings. The summed E-state index contributed by atoms with van der Waals surface area (Å²) in [5, 5.41) is 1.98. The second-order valence-corrected chi connectivity index (χ2v) is 7.92. The molecular formula is C22H23N5O. The summed E-state index contributed by atoms with van der Waals surface area (Å²) in [6.07, 6.45) is 6.27. The van der Waals surface area contributed by atoms with E-state index in [4.69, 9.17) is 10.5 Å². The first-order valence-corrected chi connectivity index (χ1v) is 9.75. The molecule has 1 saturated carbocycles. The van der Waals surface area contributed by atoms with Crippen LogP contribution in [0.3, 0.4) is 0 Å². The van der Waals surface area contributed by atoms with E-state index in [2.05, 4.69) is 57.8 Å². The third-order valence-corrected chi connectivity index (χ3v) is 5.03. The number of anilines is 1. The molecular weight excluding hydrogens is 350 g/mol. The van der Waals surface area contributed by atoms with Gasteiger partial charge in [-0.1, -0.05) is 19.9 Å². The predicted molar refractivity (Wildman–Crippen MR) is 111 cm³/mol. The highest BCUT2D eigenvalue weighted by atomic mass is 16.5. The fourth-order valence-electron chi connectivity index (χ4n) is 3.60. The Morgan fingerprint density at radius 3 is 2.82 bits per heavy atom. The van der Waals surface area contributed by atoms with E-state index in [0.717, 1.165) is 52.4 Å². The number of nitrogens with two attached hydrogens (primary N) is 1. The van der Waals surface area contributed by atoms with Gasteiger partial charge >= 0.3 is 0 Å². The van der Waals surface area contributed by atoms with Gasteiger partial charge in [-0.25, -0.2) is 15.0 Å². The van der Waals surface area contributed by atoms with Gasteiger partial charge in [0.25, 0.3) is 0 Å². The molecule has 3 aromatic heterocycles. The van der Waals surface area contributed by atoms with Crippen molar-refractivity contribution < 1.29 is 4.74 Å². The summed E-state index contributed by atoms with van der Waals surface area (Å²) in [5.41, 5.74) is 10.2. The summed E-state index contributed by atoms with van der Waals surface area (Å²) < 4.78 is 7.98. The summed E-state index contributed by atoms with van der Waals surface area (Å²) in [7, 11) is 0. The van der Waals surface area contributed by atoms with Crippen molar-refractivity contribution in [2.45, 2.75) is 39.3 Å². The van der Waals surface area contributed by atoms with Crippen LogP contribution < -0.4 is 10.5 Å². The Labute approximate surface area is 163 Å². The number of ether oxygens (including phenoxy) is 1. The van der Waals surface area contributed by atoms with Crippen LogP contribution in [0.15, 0.2) is 42.9 Å². The fourth-order valence-corrected chi connectivity index (χ4v) is 3.60. The van der Waals surface area contributed by atoms with Gasteiger partial charge in [0.1, 0.15) is 23.9 Å². The molecule has 1 aliphatic carbocycles. The van der Waals surface area contributed by atoms with Crippen LogP contribution in [0, 0.1) is 5.92 Å². The molecule has 0 amide bonds. The summed E-state index contributed by atoms with van der Waals surface area (Å²) >= 11 is 0. The first-order chi connectivity index (χ1) is 13.6. The molecule has 6 heteroatoms. The number of nitrogens with zero attached hydrogens (tertiary/aromatic N) is 4. The minimum absolute atomic E-state index is 0.347. The van der Waals surface area contributed by atoms with E-state index in [-0.39, 0.29) is 0 Å². The van der Waals surface area contributed by atoms with Gasteiger partial charge in [0, 0.05) is 29.8 Å². The van der Waals surface area contributed by atoms with Crippen molar-refractivity contribution in [3.63, 3.8) is 0 Å². The second-order valence-electron chi connectivity index (χ2n) is 7.92. The van der Waals surface area contributed by atoms with Crippen LogP contribution in [0.5, 0.6) is 5.88 Å². The molecule has 4 aromatic rings.